The second-order valence-electron chi connectivity index (χ2n) is 3.16. The number of thiophene rings is 1. The third-order valence-corrected chi connectivity index (χ3v) is 3.13. The maximum absolute atomic E-state index is 4.53. The summed E-state index contributed by atoms with van der Waals surface area (Å²) in [4.78, 5) is 5.54. The molecule has 3 rings (SSSR count). The molecule has 0 saturated heterocycles. The Kier molecular flexibility index (Phi) is 2.88. The van der Waals surface area contributed by atoms with Crippen LogP contribution in [0.1, 0.15) is 4.88 Å². The van der Waals surface area contributed by atoms with Crippen LogP contribution in [0.15, 0.2) is 39.8 Å². The van der Waals surface area contributed by atoms with E-state index in [1.807, 2.05) is 23.2 Å². The van der Waals surface area contributed by atoms with Crippen LogP contribution in [0.3, 0.4) is 0 Å². The van der Waals surface area contributed by atoms with Crippen LogP contribution < -0.4 is 0 Å². The molecule has 3 heterocycles. The van der Waals surface area contributed by atoms with Crippen LogP contribution in [0.5, 0.6) is 0 Å². The number of hydrogen-bond donors (Lipinski definition) is 0. The summed E-state index contributed by atoms with van der Waals surface area (Å²) in [5.74, 6) is 0.991. The zero-order chi connectivity index (χ0) is 9.38. The molecule has 2 aliphatic heterocycles. The van der Waals surface area contributed by atoms with Crippen molar-refractivity contribution in [3.05, 3.63) is 34.5 Å². The zero-order valence-corrected chi connectivity index (χ0v) is 9.59. The maximum atomic E-state index is 4.53. The molecule has 0 bridgehead atoms. The van der Waals surface area contributed by atoms with Crippen LogP contribution in [0.4, 0.5) is 0 Å². The third-order valence-electron chi connectivity index (χ3n) is 2.24. The first-order valence-electron chi connectivity index (χ1n) is 4.56. The highest BCUT2D eigenvalue weighted by Crippen LogP contribution is 2.16. The number of rotatable bonds is 1. The molecule has 78 valence electrons. The number of halogens is 1. The number of aliphatic imine (C=N–C) groups is 1. The van der Waals surface area contributed by atoms with Crippen molar-refractivity contribution in [1.82, 2.24) is 5.01 Å². The maximum Gasteiger partial charge on any atom is 0.144 e. The molecule has 5 heteroatoms. The number of hydrazone groups is 1. The van der Waals surface area contributed by atoms with Gasteiger partial charge in [-0.05, 0) is 23.6 Å². The van der Waals surface area contributed by atoms with Gasteiger partial charge in [0.15, 0.2) is 0 Å². The number of amidine groups is 1. The Morgan fingerprint density at radius 3 is 3.07 bits per heavy atom. The summed E-state index contributed by atoms with van der Waals surface area (Å²) in [7, 11) is 0. The molecule has 0 unspecified atom stereocenters. The summed E-state index contributed by atoms with van der Waals surface area (Å²) in [6, 6.07) is 4.13. The minimum Gasteiger partial charge on any atom is -0.265 e. The smallest absolute Gasteiger partial charge is 0.144 e. The molecule has 0 aliphatic carbocycles. The van der Waals surface area contributed by atoms with Gasteiger partial charge in [-0.25, -0.2) is 5.01 Å². The van der Waals surface area contributed by atoms with E-state index in [-0.39, 0.29) is 12.4 Å². The van der Waals surface area contributed by atoms with Gasteiger partial charge in [0.2, 0.25) is 0 Å². The van der Waals surface area contributed by atoms with Crippen LogP contribution >= 0.6 is 23.7 Å². The topological polar surface area (TPSA) is 28.0 Å². The van der Waals surface area contributed by atoms with Crippen molar-refractivity contribution in [3.8, 4) is 0 Å². The van der Waals surface area contributed by atoms with Crippen LogP contribution in [-0.4, -0.2) is 29.6 Å². The molecule has 2 aliphatic rings. The molecule has 0 spiro atoms. The van der Waals surface area contributed by atoms with E-state index in [1.54, 1.807) is 11.3 Å². The van der Waals surface area contributed by atoms with Gasteiger partial charge < -0.3 is 0 Å². The SMILES string of the molecule is C1=CC2=NCCN2N=C1c1cccs1.Cl. The number of nitrogens with zero attached hydrogens (tertiary/aromatic N) is 3. The minimum atomic E-state index is 0. The van der Waals surface area contributed by atoms with E-state index in [2.05, 4.69) is 21.5 Å². The molecule has 15 heavy (non-hydrogen) atoms. The molecule has 0 fully saturated rings. The normalized spacial score (nSPS) is 18.0. The summed E-state index contributed by atoms with van der Waals surface area (Å²) in [6.45, 7) is 1.77. The highest BCUT2D eigenvalue weighted by Gasteiger charge is 2.18. The molecule has 0 radical (unpaired) electrons. The Morgan fingerprint density at radius 2 is 2.27 bits per heavy atom. The predicted octanol–water partition coefficient (Wildman–Crippen LogP) is 2.16. The minimum absolute atomic E-state index is 0. The Morgan fingerprint density at radius 1 is 1.33 bits per heavy atom. The van der Waals surface area contributed by atoms with Crippen molar-refractivity contribution >= 4 is 35.3 Å². The fourth-order valence-electron chi connectivity index (χ4n) is 1.57. The average molecular weight is 240 g/mol. The average Bonchev–Trinajstić information content (AvgIpc) is 2.88. The summed E-state index contributed by atoms with van der Waals surface area (Å²) >= 11 is 1.72. The van der Waals surface area contributed by atoms with Crippen molar-refractivity contribution < 1.29 is 0 Å². The van der Waals surface area contributed by atoms with Gasteiger partial charge in [0.25, 0.3) is 0 Å². The zero-order valence-electron chi connectivity index (χ0n) is 7.96. The molecule has 0 N–H and O–H groups in total. The van der Waals surface area contributed by atoms with Crippen molar-refractivity contribution in [2.45, 2.75) is 0 Å². The third kappa shape index (κ3) is 1.82. The highest BCUT2D eigenvalue weighted by molar-refractivity contribution is 7.12. The molecule has 0 saturated carbocycles. The quantitative estimate of drug-likeness (QED) is 0.738. The van der Waals surface area contributed by atoms with Gasteiger partial charge in [-0.2, -0.15) is 5.10 Å². The van der Waals surface area contributed by atoms with Crippen molar-refractivity contribution in [1.29, 1.82) is 0 Å². The molecule has 3 nitrogen and oxygen atoms in total. The number of allylic oxidation sites excluding steroid dienone is 1. The second-order valence-corrected chi connectivity index (χ2v) is 4.11. The standard InChI is InChI=1S/C10H9N3S.ClH/c1-2-9(14-7-1)8-3-4-10-11-5-6-13(10)12-8;/h1-4,7H,5-6H2;1H. The first-order valence-corrected chi connectivity index (χ1v) is 5.44. The van der Waals surface area contributed by atoms with Crippen molar-refractivity contribution in [2.24, 2.45) is 10.1 Å². The number of hydrogen-bond acceptors (Lipinski definition) is 4. The van der Waals surface area contributed by atoms with Gasteiger partial charge in [0.1, 0.15) is 11.5 Å². The molecule has 1 aromatic rings. The monoisotopic (exact) mass is 239 g/mol. The van der Waals surface area contributed by atoms with E-state index in [4.69, 9.17) is 0 Å². The van der Waals surface area contributed by atoms with Crippen LogP contribution in [0.25, 0.3) is 0 Å². The largest absolute Gasteiger partial charge is 0.265 e. The molecule has 0 amide bonds. The van der Waals surface area contributed by atoms with Gasteiger partial charge in [0.05, 0.1) is 18.0 Å². The fourth-order valence-corrected chi connectivity index (χ4v) is 2.26. The van der Waals surface area contributed by atoms with E-state index in [9.17, 15) is 0 Å². The molecular weight excluding hydrogens is 230 g/mol. The first kappa shape index (κ1) is 10.4. The summed E-state index contributed by atoms with van der Waals surface area (Å²) < 4.78 is 0. The van der Waals surface area contributed by atoms with Gasteiger partial charge in [-0.3, -0.25) is 4.99 Å². The van der Waals surface area contributed by atoms with Crippen molar-refractivity contribution in [2.75, 3.05) is 13.1 Å². The molecular formula is C10H10ClN3S. The highest BCUT2D eigenvalue weighted by atomic mass is 35.5. The Balaban J connectivity index is 0.000000853. The lowest BCUT2D eigenvalue weighted by Crippen LogP contribution is -2.25. The van der Waals surface area contributed by atoms with E-state index in [0.717, 1.165) is 24.6 Å². The van der Waals surface area contributed by atoms with Crippen molar-refractivity contribution in [3.63, 3.8) is 0 Å². The van der Waals surface area contributed by atoms with E-state index in [0.29, 0.717) is 0 Å². The summed E-state index contributed by atoms with van der Waals surface area (Å²) in [6.07, 6.45) is 4.07. The Bertz CT molecular complexity index is 434. The van der Waals surface area contributed by atoms with E-state index >= 15 is 0 Å². The van der Waals surface area contributed by atoms with E-state index in [1.165, 1.54) is 4.88 Å². The van der Waals surface area contributed by atoms with Crippen LogP contribution in [0, 0.1) is 0 Å². The molecule has 0 aromatic carbocycles. The Labute approximate surface area is 98.2 Å². The lowest BCUT2D eigenvalue weighted by Gasteiger charge is -2.16. The number of fused-ring (bicyclic) bond motifs is 1. The van der Waals surface area contributed by atoms with Crippen LogP contribution in [-0.2, 0) is 0 Å². The lowest BCUT2D eigenvalue weighted by atomic mass is 10.2. The van der Waals surface area contributed by atoms with Gasteiger partial charge in [-0.1, -0.05) is 6.07 Å². The van der Waals surface area contributed by atoms with Gasteiger partial charge >= 0.3 is 0 Å². The molecule has 1 aromatic heterocycles. The fraction of sp³-hybridized carbons (Fsp3) is 0.200. The molecule has 0 atom stereocenters. The van der Waals surface area contributed by atoms with Gasteiger partial charge in [0, 0.05) is 0 Å². The second kappa shape index (κ2) is 4.16. The van der Waals surface area contributed by atoms with Gasteiger partial charge in [-0.15, -0.1) is 23.7 Å². The van der Waals surface area contributed by atoms with E-state index < -0.39 is 0 Å². The lowest BCUT2D eigenvalue weighted by molar-refractivity contribution is 0.490. The first-order chi connectivity index (χ1) is 6.93. The summed E-state index contributed by atoms with van der Waals surface area (Å²) in [5, 5.41) is 8.57. The summed E-state index contributed by atoms with van der Waals surface area (Å²) in [5.41, 5.74) is 1.04. The van der Waals surface area contributed by atoms with Crippen LogP contribution in [0.2, 0.25) is 0 Å². The predicted molar refractivity (Wildman–Crippen MR) is 66.3 cm³/mol. The Hall–Kier alpha value is -1.13.